The molecule has 0 aromatic rings. The first kappa shape index (κ1) is 117. The van der Waals surface area contributed by atoms with Crippen molar-refractivity contribution < 1.29 is 134 Å². The molecule has 0 aliphatic carbocycles. The predicted octanol–water partition coefficient (Wildman–Crippen LogP) is 19.4. The van der Waals surface area contributed by atoms with Crippen molar-refractivity contribution in [2.75, 3.05) is 52.9 Å². The van der Waals surface area contributed by atoms with Crippen molar-refractivity contribution in [3.63, 3.8) is 0 Å². The fourth-order valence-corrected chi connectivity index (χ4v) is 12.4. The molecular formula is C82H160O28P4. The van der Waals surface area contributed by atoms with Gasteiger partial charge in [-0.1, -0.05) is 269 Å². The lowest BCUT2D eigenvalue weighted by molar-refractivity contribution is -0.148. The highest BCUT2D eigenvalue weighted by atomic mass is 31.2. The number of carbonyl (C=O) groups is 4. The zero-order valence-electron chi connectivity index (χ0n) is 70.5. The zero-order valence-corrected chi connectivity index (χ0v) is 74.0. The number of allylic oxidation sites excluding steroid dienone is 8. The third-order valence-corrected chi connectivity index (χ3v) is 19.5. The molecule has 0 aromatic heterocycles. The molecule has 4 atom stereocenters. The van der Waals surface area contributed by atoms with Gasteiger partial charge in [0.15, 0.2) is 0 Å². The Labute approximate surface area is 686 Å². The molecule has 28 nitrogen and oxygen atoms in total. The summed E-state index contributed by atoms with van der Waals surface area (Å²) in [5, 5.41) is 37.6. The average Bonchev–Trinajstić information content (AvgIpc) is 0.978. The van der Waals surface area contributed by atoms with Gasteiger partial charge in [0.05, 0.1) is 26.4 Å². The Kier molecular flexibility index (Phi) is 89.1. The van der Waals surface area contributed by atoms with Gasteiger partial charge in [-0.2, -0.15) is 0 Å². The van der Waals surface area contributed by atoms with E-state index in [2.05, 4.69) is 94.4 Å². The Morgan fingerprint density at radius 2 is 0.351 bits per heavy atom. The van der Waals surface area contributed by atoms with E-state index in [1.807, 2.05) is 0 Å². The molecule has 0 unspecified atom stereocenters. The molecule has 32 heteroatoms. The number of aliphatic hydroxyl groups is 4. The number of ether oxygens (including phenoxy) is 4. The largest absolute Gasteiger partial charge is 0.469 e. The van der Waals surface area contributed by atoms with Gasteiger partial charge in [-0.05, 0) is 128 Å². The third kappa shape index (κ3) is 111. The van der Waals surface area contributed by atoms with Crippen LogP contribution < -0.4 is 0 Å². The fourth-order valence-electron chi connectivity index (χ4n) is 11.0. The Hall–Kier alpha value is -2.88. The second-order valence-electron chi connectivity index (χ2n) is 29.1. The van der Waals surface area contributed by atoms with Crippen LogP contribution in [0.4, 0.5) is 0 Å². The smallest absolute Gasteiger partial charge is 0.463 e. The van der Waals surface area contributed by atoms with Crippen molar-refractivity contribution in [3.8, 4) is 0 Å². The van der Waals surface area contributed by atoms with Gasteiger partial charge in [-0.3, -0.25) is 37.3 Å². The Morgan fingerprint density at radius 3 is 0.500 bits per heavy atom. The number of phosphoric ester groups is 4. The average molecular weight is 1720 g/mol. The Bertz CT molecular complexity index is 2480. The molecule has 0 radical (unpaired) electrons. The molecule has 0 saturated heterocycles. The van der Waals surface area contributed by atoms with Crippen molar-refractivity contribution in [3.05, 3.63) is 48.6 Å². The maximum absolute atomic E-state index is 11.6. The van der Waals surface area contributed by atoms with Crippen LogP contribution in [0.3, 0.4) is 0 Å². The molecule has 0 saturated carbocycles. The highest BCUT2D eigenvalue weighted by molar-refractivity contribution is 7.47. The summed E-state index contributed by atoms with van der Waals surface area (Å²) in [6, 6.07) is 0. The predicted molar refractivity (Wildman–Crippen MR) is 448 cm³/mol. The lowest BCUT2D eigenvalue weighted by Crippen LogP contribution is -2.23. The van der Waals surface area contributed by atoms with Crippen LogP contribution in [0, 0.1) is 0 Å². The van der Waals surface area contributed by atoms with Crippen molar-refractivity contribution >= 4 is 55.2 Å². The second-order valence-corrected chi connectivity index (χ2v) is 34.1. The van der Waals surface area contributed by atoms with Crippen LogP contribution >= 0.6 is 31.3 Å². The third-order valence-electron chi connectivity index (χ3n) is 17.6. The van der Waals surface area contributed by atoms with Gasteiger partial charge < -0.3 is 78.5 Å². The molecule has 0 aromatic carbocycles. The van der Waals surface area contributed by atoms with Gasteiger partial charge in [0.2, 0.25) is 0 Å². The minimum atomic E-state index is -4.62. The van der Waals surface area contributed by atoms with Crippen LogP contribution in [0.25, 0.3) is 0 Å². The Morgan fingerprint density at radius 1 is 0.219 bits per heavy atom. The van der Waals surface area contributed by atoms with E-state index in [1.54, 1.807) is 0 Å². The van der Waals surface area contributed by atoms with E-state index in [1.165, 1.54) is 193 Å². The fraction of sp³-hybridized carbons (Fsp3) is 0.854. The van der Waals surface area contributed by atoms with Crippen LogP contribution in [0.15, 0.2) is 48.6 Å². The maximum atomic E-state index is 11.6. The minimum Gasteiger partial charge on any atom is -0.463 e. The first-order valence-corrected chi connectivity index (χ1v) is 49.3. The van der Waals surface area contributed by atoms with E-state index in [0.717, 1.165) is 128 Å². The number of rotatable bonds is 78. The van der Waals surface area contributed by atoms with E-state index in [0.29, 0.717) is 0 Å². The quantitative estimate of drug-likeness (QED) is 0.00884. The molecule has 0 heterocycles. The summed E-state index contributed by atoms with van der Waals surface area (Å²) in [5.41, 5.74) is 0. The first-order chi connectivity index (χ1) is 54.4. The van der Waals surface area contributed by atoms with E-state index >= 15 is 0 Å². The summed E-state index contributed by atoms with van der Waals surface area (Å²) in [6.07, 6.45) is 73.3. The molecule has 676 valence electrons. The van der Waals surface area contributed by atoms with Gasteiger partial charge in [0, 0.05) is 25.7 Å². The number of esters is 4. The van der Waals surface area contributed by atoms with Gasteiger partial charge in [-0.15, -0.1) is 0 Å². The number of phosphoric acid groups is 4. The highest BCUT2D eigenvalue weighted by Gasteiger charge is 2.22. The van der Waals surface area contributed by atoms with Crippen LogP contribution in [0.2, 0.25) is 0 Å². The van der Waals surface area contributed by atoms with E-state index in [-0.39, 0.29) is 52.1 Å². The van der Waals surface area contributed by atoms with Crippen molar-refractivity contribution in [2.24, 2.45) is 0 Å². The van der Waals surface area contributed by atoms with Crippen LogP contribution in [-0.4, -0.2) is 161 Å². The topological polar surface area (TPSA) is 453 Å². The summed E-state index contributed by atoms with van der Waals surface area (Å²) >= 11 is 0. The number of hydrogen-bond acceptors (Lipinski definition) is 20. The lowest BCUT2D eigenvalue weighted by atomic mass is 10.1. The number of carbonyl (C=O) groups excluding carboxylic acids is 4. The summed E-state index contributed by atoms with van der Waals surface area (Å²) < 4.78 is 77.9. The molecule has 0 rings (SSSR count). The van der Waals surface area contributed by atoms with Crippen LogP contribution in [-0.2, 0) is 74.5 Å². The monoisotopic (exact) mass is 1720 g/mol. The summed E-state index contributed by atoms with van der Waals surface area (Å²) in [6.45, 7) is 5.31. The summed E-state index contributed by atoms with van der Waals surface area (Å²) in [4.78, 5) is 114. The highest BCUT2D eigenvalue weighted by Crippen LogP contribution is 2.38. The second kappa shape index (κ2) is 86.5. The molecule has 0 aliphatic rings. The molecule has 0 aliphatic heterocycles. The maximum Gasteiger partial charge on any atom is 0.469 e. The van der Waals surface area contributed by atoms with Crippen molar-refractivity contribution in [1.29, 1.82) is 0 Å². The zero-order chi connectivity index (χ0) is 85.8. The van der Waals surface area contributed by atoms with E-state index in [4.69, 9.17) is 58.1 Å². The van der Waals surface area contributed by atoms with Gasteiger partial charge in [0.25, 0.3) is 0 Å². The first-order valence-electron chi connectivity index (χ1n) is 43.1. The number of hydrogen-bond donors (Lipinski definition) is 12. The number of aliphatic hydroxyl groups excluding tert-OH is 4. The standard InChI is InChI=1S/C22H43O7P.C21H41O7P.C20H39O7P.C19H37O7P/c1-2-3-4-5-6-7-8-9-10-11-12-13-14-15-16-17-18-22(24)28-19-21(23)20-29-30(25,26)27;1-2-3-4-5-6-7-8-9-10-11-12-13-14-15-16-17-21(23)27-18-20(22)19-28-29(24,25)26;1-2-3-4-5-6-7-8-9-10-11-12-13-14-15-16-20(22)26-17-19(21)18-27-28(23,24)25;1-2-3-4-5-6-7-8-9-10-11-12-13-14-15-19(21)25-16-18(20)17-26-27(22,23)24/h10-11,21,23H,2-9,12-20H2,1H3,(H2,25,26,27);9-10,20,22H,2-8,11-19H2,1H3,(H2,24,25,26);8-9,19,21H,2-7,10-18H2,1H3,(H2,23,24,25);7-8,18,20H,2-6,9-17H2,1H3,(H2,22,23,24)/b11-10-;10-9-;9-8-;8-7-/t21-;20-;19-;18-/m1011/s1. The van der Waals surface area contributed by atoms with E-state index in [9.17, 15) is 57.9 Å². The SMILES string of the molecule is CCCCCC/C=C\CCCCCCCC(=O)OC[C@@H](O)COP(=O)(O)O.CCCCCCC/C=C\CCCCCCCC(=O)OC[C@@H](O)COP(=O)(O)O.CCCCCCCC/C=C\CCCCCCCC(=O)OC[C@H](O)COP(=O)(O)O.CCCCCCCCC/C=C\CCCCCCCC(=O)OC[C@@H](O)COP(=O)(O)O. The van der Waals surface area contributed by atoms with Gasteiger partial charge in [-0.25, -0.2) is 18.3 Å². The lowest BCUT2D eigenvalue weighted by Gasteiger charge is -2.12. The summed E-state index contributed by atoms with van der Waals surface area (Å²) in [7, 11) is -18.5. The number of unbranched alkanes of at least 4 members (excludes halogenated alkanes) is 42. The molecule has 0 fully saturated rings. The molecule has 114 heavy (non-hydrogen) atoms. The van der Waals surface area contributed by atoms with E-state index < -0.39 is 106 Å². The van der Waals surface area contributed by atoms with Crippen molar-refractivity contribution in [2.45, 2.75) is 399 Å². The van der Waals surface area contributed by atoms with Crippen LogP contribution in [0.1, 0.15) is 374 Å². The van der Waals surface area contributed by atoms with Crippen LogP contribution in [0.5, 0.6) is 0 Å². The Balaban J connectivity index is -0.000000708. The molecular weight excluding hydrogens is 1560 g/mol. The molecule has 0 amide bonds. The molecule has 0 bridgehead atoms. The van der Waals surface area contributed by atoms with Gasteiger partial charge in [0.1, 0.15) is 50.8 Å². The summed E-state index contributed by atoms with van der Waals surface area (Å²) in [5.74, 6) is -1.68. The molecule has 12 N–H and O–H groups in total. The molecule has 0 spiro atoms. The van der Waals surface area contributed by atoms with Gasteiger partial charge >= 0.3 is 55.2 Å². The van der Waals surface area contributed by atoms with Crippen molar-refractivity contribution in [1.82, 2.24) is 0 Å². The normalized spacial score (nSPS) is 13.1. The minimum absolute atomic E-state index is 0.281.